The predicted molar refractivity (Wildman–Crippen MR) is 71.9 cm³/mol. The molecule has 1 aromatic carbocycles. The first-order valence-electron chi connectivity index (χ1n) is 5.01. The highest BCUT2D eigenvalue weighted by Crippen LogP contribution is 2.27. The van der Waals surface area contributed by atoms with Gasteiger partial charge in [0.2, 0.25) is 0 Å². The van der Waals surface area contributed by atoms with Crippen molar-refractivity contribution in [3.63, 3.8) is 0 Å². The Morgan fingerprint density at radius 3 is 3.06 bits per heavy atom. The van der Waals surface area contributed by atoms with Crippen LogP contribution in [-0.2, 0) is 4.79 Å². The second-order valence-electron chi connectivity index (χ2n) is 3.40. The summed E-state index contributed by atoms with van der Waals surface area (Å²) in [6, 6.07) is 5.18. The molecule has 0 aliphatic heterocycles. The van der Waals surface area contributed by atoms with Crippen molar-refractivity contribution >= 4 is 39.1 Å². The standard InChI is InChI=1S/C11H9BrClN3O2/c12-7-1-2-10(9(13)3-7)18-6-11(17)16-8-4-14-15-5-8/h1-5H,6H2,(H,14,15)(H,16,17). The van der Waals surface area contributed by atoms with E-state index < -0.39 is 0 Å². The van der Waals surface area contributed by atoms with Crippen LogP contribution in [-0.4, -0.2) is 22.7 Å². The molecule has 1 aromatic heterocycles. The molecule has 7 heteroatoms. The molecule has 0 saturated carbocycles. The maximum atomic E-state index is 11.5. The molecule has 1 heterocycles. The highest BCUT2D eigenvalue weighted by molar-refractivity contribution is 9.10. The molecule has 0 unspecified atom stereocenters. The van der Waals surface area contributed by atoms with Crippen LogP contribution in [0.1, 0.15) is 0 Å². The van der Waals surface area contributed by atoms with E-state index >= 15 is 0 Å². The van der Waals surface area contributed by atoms with Gasteiger partial charge in [0.1, 0.15) is 5.75 Å². The number of amides is 1. The molecule has 1 amide bonds. The number of nitrogens with zero attached hydrogens (tertiary/aromatic N) is 1. The van der Waals surface area contributed by atoms with Crippen molar-refractivity contribution in [2.75, 3.05) is 11.9 Å². The molecule has 0 aliphatic carbocycles. The minimum absolute atomic E-state index is 0.119. The second kappa shape index (κ2) is 5.88. The summed E-state index contributed by atoms with van der Waals surface area (Å²) < 4.78 is 6.16. The topological polar surface area (TPSA) is 67.0 Å². The molecule has 5 nitrogen and oxygen atoms in total. The molecular weight excluding hydrogens is 321 g/mol. The van der Waals surface area contributed by atoms with Gasteiger partial charge in [-0.3, -0.25) is 9.89 Å². The molecule has 0 atom stereocenters. The molecule has 0 saturated heterocycles. The van der Waals surface area contributed by atoms with Crippen LogP contribution in [0.25, 0.3) is 0 Å². The Morgan fingerprint density at radius 1 is 1.56 bits per heavy atom. The smallest absolute Gasteiger partial charge is 0.262 e. The monoisotopic (exact) mass is 329 g/mol. The van der Waals surface area contributed by atoms with Crippen LogP contribution < -0.4 is 10.1 Å². The average Bonchev–Trinajstić information content (AvgIpc) is 2.80. The van der Waals surface area contributed by atoms with Crippen molar-refractivity contribution in [2.45, 2.75) is 0 Å². The summed E-state index contributed by atoms with van der Waals surface area (Å²) >= 11 is 9.24. The SMILES string of the molecule is O=C(COc1ccc(Br)cc1Cl)Nc1cn[nH]c1. The van der Waals surface area contributed by atoms with Crippen molar-refractivity contribution in [1.82, 2.24) is 10.2 Å². The van der Waals surface area contributed by atoms with Crippen molar-refractivity contribution < 1.29 is 9.53 Å². The van der Waals surface area contributed by atoms with E-state index in [0.717, 1.165) is 4.47 Å². The lowest BCUT2D eigenvalue weighted by Gasteiger charge is -2.07. The first-order valence-corrected chi connectivity index (χ1v) is 6.19. The number of aromatic nitrogens is 2. The number of benzene rings is 1. The predicted octanol–water partition coefficient (Wildman–Crippen LogP) is 2.84. The number of anilines is 1. The molecule has 2 N–H and O–H groups in total. The average molecular weight is 331 g/mol. The summed E-state index contributed by atoms with van der Waals surface area (Å²) in [5.74, 6) is 0.178. The van der Waals surface area contributed by atoms with Crippen molar-refractivity contribution in [2.24, 2.45) is 0 Å². The maximum absolute atomic E-state index is 11.5. The number of aromatic amines is 1. The minimum Gasteiger partial charge on any atom is -0.482 e. The van der Waals surface area contributed by atoms with Crippen molar-refractivity contribution in [3.8, 4) is 5.75 Å². The third-order valence-electron chi connectivity index (χ3n) is 2.03. The summed E-state index contributed by atoms with van der Waals surface area (Å²) in [4.78, 5) is 11.5. The zero-order valence-corrected chi connectivity index (χ0v) is 11.5. The van der Waals surface area contributed by atoms with Gasteiger partial charge in [-0.2, -0.15) is 5.10 Å². The number of hydrogen-bond donors (Lipinski definition) is 2. The second-order valence-corrected chi connectivity index (χ2v) is 4.72. The van der Waals surface area contributed by atoms with Crippen LogP contribution >= 0.6 is 27.5 Å². The Kier molecular flexibility index (Phi) is 4.22. The fourth-order valence-corrected chi connectivity index (χ4v) is 1.98. The van der Waals surface area contributed by atoms with Crippen LogP contribution in [0.5, 0.6) is 5.75 Å². The van der Waals surface area contributed by atoms with Crippen LogP contribution in [0.2, 0.25) is 5.02 Å². The molecular formula is C11H9BrClN3O2. The van der Waals surface area contributed by atoms with E-state index in [-0.39, 0.29) is 12.5 Å². The van der Waals surface area contributed by atoms with Crippen LogP contribution in [0.3, 0.4) is 0 Å². The normalized spacial score (nSPS) is 10.1. The first kappa shape index (κ1) is 12.9. The van der Waals surface area contributed by atoms with E-state index in [9.17, 15) is 4.79 Å². The quantitative estimate of drug-likeness (QED) is 0.906. The number of carbonyl (C=O) groups excluding carboxylic acids is 1. The summed E-state index contributed by atoms with van der Waals surface area (Å²) in [6.07, 6.45) is 3.08. The lowest BCUT2D eigenvalue weighted by Crippen LogP contribution is -2.19. The van der Waals surface area contributed by atoms with Gasteiger partial charge in [-0.25, -0.2) is 0 Å². The zero-order valence-electron chi connectivity index (χ0n) is 9.11. The summed E-state index contributed by atoms with van der Waals surface area (Å²) in [5, 5.41) is 9.36. The molecule has 94 valence electrons. The largest absolute Gasteiger partial charge is 0.482 e. The van der Waals surface area contributed by atoms with Gasteiger partial charge in [0.25, 0.3) is 5.91 Å². The lowest BCUT2D eigenvalue weighted by atomic mass is 10.3. The minimum atomic E-state index is -0.282. The van der Waals surface area contributed by atoms with Gasteiger partial charge in [0.15, 0.2) is 6.61 Å². The number of H-pyrrole nitrogens is 1. The van der Waals surface area contributed by atoms with Crippen LogP contribution in [0.4, 0.5) is 5.69 Å². The number of nitrogens with one attached hydrogen (secondary N) is 2. The number of ether oxygens (including phenoxy) is 1. The van der Waals surface area contributed by atoms with Gasteiger partial charge in [-0.1, -0.05) is 27.5 Å². The van der Waals surface area contributed by atoms with E-state index in [0.29, 0.717) is 16.5 Å². The van der Waals surface area contributed by atoms with E-state index in [1.54, 1.807) is 24.4 Å². The lowest BCUT2D eigenvalue weighted by molar-refractivity contribution is -0.118. The molecule has 0 aliphatic rings. The summed E-state index contributed by atoms with van der Waals surface area (Å²) in [6.45, 7) is -0.119. The van der Waals surface area contributed by atoms with Crippen molar-refractivity contribution in [1.29, 1.82) is 0 Å². The number of halogens is 2. The highest BCUT2D eigenvalue weighted by Gasteiger charge is 2.07. The van der Waals surface area contributed by atoms with Gasteiger partial charge >= 0.3 is 0 Å². The third kappa shape index (κ3) is 3.48. The van der Waals surface area contributed by atoms with Gasteiger partial charge < -0.3 is 10.1 Å². The Balaban J connectivity index is 1.89. The number of carbonyl (C=O) groups is 1. The summed E-state index contributed by atoms with van der Waals surface area (Å²) in [5.41, 5.74) is 0.588. The number of hydrogen-bond acceptors (Lipinski definition) is 3. The molecule has 0 radical (unpaired) electrons. The third-order valence-corrected chi connectivity index (χ3v) is 2.82. The number of rotatable bonds is 4. The van der Waals surface area contributed by atoms with Crippen molar-refractivity contribution in [3.05, 3.63) is 40.1 Å². The first-order chi connectivity index (χ1) is 8.65. The Bertz CT molecular complexity index is 545. The van der Waals surface area contributed by atoms with E-state index in [4.69, 9.17) is 16.3 Å². The molecule has 0 bridgehead atoms. The highest BCUT2D eigenvalue weighted by atomic mass is 79.9. The molecule has 0 fully saturated rings. The van der Waals surface area contributed by atoms with Gasteiger partial charge in [0.05, 0.1) is 16.9 Å². The zero-order chi connectivity index (χ0) is 13.0. The Labute approximate surface area is 117 Å². The van der Waals surface area contributed by atoms with Crippen LogP contribution in [0, 0.1) is 0 Å². The fraction of sp³-hybridized carbons (Fsp3) is 0.0909. The molecule has 0 spiro atoms. The fourth-order valence-electron chi connectivity index (χ4n) is 1.25. The van der Waals surface area contributed by atoms with E-state index in [1.807, 2.05) is 0 Å². The maximum Gasteiger partial charge on any atom is 0.262 e. The van der Waals surface area contributed by atoms with E-state index in [2.05, 4.69) is 31.4 Å². The van der Waals surface area contributed by atoms with Crippen LogP contribution in [0.15, 0.2) is 35.1 Å². The van der Waals surface area contributed by atoms with E-state index in [1.165, 1.54) is 6.20 Å². The molecule has 18 heavy (non-hydrogen) atoms. The summed E-state index contributed by atoms with van der Waals surface area (Å²) in [7, 11) is 0. The van der Waals surface area contributed by atoms with Gasteiger partial charge in [0, 0.05) is 10.7 Å². The van der Waals surface area contributed by atoms with Gasteiger partial charge in [-0.05, 0) is 18.2 Å². The Morgan fingerprint density at radius 2 is 2.39 bits per heavy atom. The molecule has 2 aromatic rings. The Hall–Kier alpha value is -1.53. The molecule has 2 rings (SSSR count). The van der Waals surface area contributed by atoms with Gasteiger partial charge in [-0.15, -0.1) is 0 Å².